The molecule has 33 heavy (non-hydrogen) atoms. The van der Waals surface area contributed by atoms with Crippen LogP contribution in [0, 0.1) is 11.6 Å². The van der Waals surface area contributed by atoms with Crippen LogP contribution in [0.4, 0.5) is 14.5 Å². The number of nitrogens with one attached hydrogen (secondary N) is 1. The normalized spacial score (nSPS) is 17.5. The quantitative estimate of drug-likeness (QED) is 0.621. The first-order valence-corrected chi connectivity index (χ1v) is 11.3. The van der Waals surface area contributed by atoms with Gasteiger partial charge in [0.05, 0.1) is 18.5 Å². The first-order valence-electron chi connectivity index (χ1n) is 11.3. The van der Waals surface area contributed by atoms with E-state index in [0.717, 1.165) is 55.2 Å². The highest BCUT2D eigenvalue weighted by Gasteiger charge is 2.40. The molecule has 0 atom stereocenters. The van der Waals surface area contributed by atoms with Crippen LogP contribution >= 0.6 is 0 Å². The number of hydrogen-bond acceptors (Lipinski definition) is 5. The van der Waals surface area contributed by atoms with Crippen molar-refractivity contribution in [2.75, 3.05) is 37.7 Å². The van der Waals surface area contributed by atoms with E-state index in [9.17, 15) is 13.6 Å². The lowest BCUT2D eigenvalue weighted by Crippen LogP contribution is -2.45. The lowest BCUT2D eigenvalue weighted by molar-refractivity contribution is 0.134. The zero-order chi connectivity index (χ0) is 22.8. The molecule has 1 N–H and O–H groups in total. The second-order valence-electron chi connectivity index (χ2n) is 8.73. The standard InChI is InChI=1S/C25H26F2N4O2/c26-19-13-20(27)15-21(14-19)31-24(32)23(22(16-29-31)30-11-9-28-10-12-30)33-17-25(7-4-8-25)18-5-2-1-3-6-18/h1-3,5-6,13-16,28H,4,7-12,17H2. The van der Waals surface area contributed by atoms with Gasteiger partial charge < -0.3 is 15.0 Å². The number of aromatic nitrogens is 2. The second kappa shape index (κ2) is 8.94. The number of nitrogens with zero attached hydrogens (tertiary/aromatic N) is 3. The lowest BCUT2D eigenvalue weighted by atomic mass is 9.65. The summed E-state index contributed by atoms with van der Waals surface area (Å²) in [6.45, 7) is 3.34. The van der Waals surface area contributed by atoms with Gasteiger partial charge in [0.2, 0.25) is 5.75 Å². The molecule has 1 aromatic heterocycles. The van der Waals surface area contributed by atoms with Crippen LogP contribution in [0.25, 0.3) is 5.69 Å². The van der Waals surface area contributed by atoms with Gasteiger partial charge in [-0.25, -0.2) is 8.78 Å². The minimum absolute atomic E-state index is 0.0237. The molecule has 3 aromatic rings. The van der Waals surface area contributed by atoms with Crippen LogP contribution in [0.5, 0.6) is 5.75 Å². The Hall–Kier alpha value is -3.26. The predicted molar refractivity (Wildman–Crippen MR) is 122 cm³/mol. The summed E-state index contributed by atoms with van der Waals surface area (Å²) in [6.07, 6.45) is 4.62. The number of anilines is 1. The maximum Gasteiger partial charge on any atom is 0.316 e. The molecule has 0 bridgehead atoms. The number of rotatable bonds is 6. The van der Waals surface area contributed by atoms with Crippen molar-refractivity contribution in [2.45, 2.75) is 24.7 Å². The molecule has 2 aliphatic rings. The van der Waals surface area contributed by atoms with E-state index < -0.39 is 17.2 Å². The monoisotopic (exact) mass is 452 g/mol. The van der Waals surface area contributed by atoms with Crippen LogP contribution in [0.1, 0.15) is 24.8 Å². The molecule has 2 fully saturated rings. The summed E-state index contributed by atoms with van der Waals surface area (Å²) in [5.41, 5.74) is 1.15. The fourth-order valence-electron chi connectivity index (χ4n) is 4.66. The molecule has 0 spiro atoms. The number of benzene rings is 2. The zero-order valence-electron chi connectivity index (χ0n) is 18.3. The Labute approximate surface area is 190 Å². The smallest absolute Gasteiger partial charge is 0.316 e. The van der Waals surface area contributed by atoms with E-state index in [2.05, 4.69) is 27.4 Å². The molecule has 0 unspecified atom stereocenters. The minimum atomic E-state index is -0.773. The first kappa shape index (κ1) is 21.6. The predicted octanol–water partition coefficient (Wildman–Crippen LogP) is 3.42. The summed E-state index contributed by atoms with van der Waals surface area (Å²) in [4.78, 5) is 15.6. The first-order chi connectivity index (χ1) is 16.1. The summed E-state index contributed by atoms with van der Waals surface area (Å²) in [7, 11) is 0. The highest BCUT2D eigenvalue weighted by Crippen LogP contribution is 2.44. The summed E-state index contributed by atoms with van der Waals surface area (Å²) < 4.78 is 34.9. The fourth-order valence-corrected chi connectivity index (χ4v) is 4.66. The second-order valence-corrected chi connectivity index (χ2v) is 8.73. The molecule has 2 aromatic carbocycles. The molecule has 8 heteroatoms. The van der Waals surface area contributed by atoms with Gasteiger partial charge >= 0.3 is 5.56 Å². The third kappa shape index (κ3) is 4.23. The number of halogens is 2. The zero-order valence-corrected chi connectivity index (χ0v) is 18.3. The minimum Gasteiger partial charge on any atom is -0.485 e. The van der Waals surface area contributed by atoms with Gasteiger partial charge in [-0.1, -0.05) is 36.8 Å². The molecular weight excluding hydrogens is 426 g/mol. The van der Waals surface area contributed by atoms with Gasteiger partial charge in [0, 0.05) is 37.7 Å². The van der Waals surface area contributed by atoms with Crippen molar-refractivity contribution in [1.29, 1.82) is 0 Å². The lowest BCUT2D eigenvalue weighted by Gasteiger charge is -2.42. The van der Waals surface area contributed by atoms with Crippen molar-refractivity contribution >= 4 is 5.69 Å². The molecule has 1 saturated heterocycles. The van der Waals surface area contributed by atoms with Crippen LogP contribution in [0.3, 0.4) is 0 Å². The van der Waals surface area contributed by atoms with Gasteiger partial charge in [-0.05, 0) is 30.5 Å². The highest BCUT2D eigenvalue weighted by molar-refractivity contribution is 5.57. The Bertz CT molecular complexity index is 1170. The van der Waals surface area contributed by atoms with Crippen LogP contribution in [0.15, 0.2) is 59.5 Å². The van der Waals surface area contributed by atoms with E-state index >= 15 is 0 Å². The molecule has 1 aliphatic carbocycles. The Balaban J connectivity index is 1.54. The number of hydrogen-bond donors (Lipinski definition) is 1. The molecule has 2 heterocycles. The summed E-state index contributed by atoms with van der Waals surface area (Å²) in [5.74, 6) is -1.38. The van der Waals surface area contributed by atoms with Gasteiger partial charge in [-0.3, -0.25) is 4.79 Å². The molecule has 1 saturated carbocycles. The van der Waals surface area contributed by atoms with Gasteiger partial charge in [-0.2, -0.15) is 9.78 Å². The van der Waals surface area contributed by atoms with Gasteiger partial charge in [-0.15, -0.1) is 0 Å². The number of ether oxygens (including phenoxy) is 1. The average molecular weight is 453 g/mol. The summed E-state index contributed by atoms with van der Waals surface area (Å²) in [6, 6.07) is 13.1. The van der Waals surface area contributed by atoms with Crippen LogP contribution in [-0.4, -0.2) is 42.6 Å². The molecule has 0 radical (unpaired) electrons. The molecular formula is C25H26F2N4O2. The molecule has 5 rings (SSSR count). The fraction of sp³-hybridized carbons (Fsp3) is 0.360. The maximum absolute atomic E-state index is 13.8. The van der Waals surface area contributed by atoms with Crippen molar-refractivity contribution in [1.82, 2.24) is 15.1 Å². The van der Waals surface area contributed by atoms with Crippen LogP contribution in [-0.2, 0) is 5.41 Å². The third-order valence-electron chi connectivity index (χ3n) is 6.65. The molecule has 172 valence electrons. The van der Waals surface area contributed by atoms with Crippen LogP contribution in [0.2, 0.25) is 0 Å². The van der Waals surface area contributed by atoms with E-state index in [1.165, 1.54) is 5.56 Å². The maximum atomic E-state index is 13.8. The van der Waals surface area contributed by atoms with Gasteiger partial charge in [0.25, 0.3) is 0 Å². The molecule has 1 aliphatic heterocycles. The van der Waals surface area contributed by atoms with Crippen molar-refractivity contribution in [3.05, 3.63) is 82.3 Å². The molecule has 0 amide bonds. The summed E-state index contributed by atoms with van der Waals surface area (Å²) >= 11 is 0. The van der Waals surface area contributed by atoms with Crippen molar-refractivity contribution in [3.63, 3.8) is 0 Å². The van der Waals surface area contributed by atoms with E-state index in [1.807, 2.05) is 18.2 Å². The van der Waals surface area contributed by atoms with Crippen molar-refractivity contribution in [3.8, 4) is 11.4 Å². The van der Waals surface area contributed by atoms with E-state index in [1.54, 1.807) is 6.20 Å². The Morgan fingerprint density at radius 1 is 1.03 bits per heavy atom. The Kier molecular flexibility index (Phi) is 5.85. The Morgan fingerprint density at radius 3 is 2.36 bits per heavy atom. The Morgan fingerprint density at radius 2 is 1.73 bits per heavy atom. The van der Waals surface area contributed by atoms with E-state index in [-0.39, 0.29) is 16.9 Å². The highest BCUT2D eigenvalue weighted by atomic mass is 19.1. The largest absolute Gasteiger partial charge is 0.485 e. The van der Waals surface area contributed by atoms with Gasteiger partial charge in [0.15, 0.2) is 0 Å². The average Bonchev–Trinajstić information content (AvgIpc) is 2.79. The SMILES string of the molecule is O=c1c(OCC2(c3ccccc3)CCC2)c(N2CCNCC2)cnn1-c1cc(F)cc(F)c1. The van der Waals surface area contributed by atoms with Gasteiger partial charge in [0.1, 0.15) is 17.3 Å². The number of piperazine rings is 1. The summed E-state index contributed by atoms with van der Waals surface area (Å²) in [5, 5.41) is 7.53. The van der Waals surface area contributed by atoms with E-state index in [4.69, 9.17) is 4.74 Å². The topological polar surface area (TPSA) is 59.4 Å². The van der Waals surface area contributed by atoms with E-state index in [0.29, 0.717) is 25.4 Å². The molecule has 6 nitrogen and oxygen atoms in total. The van der Waals surface area contributed by atoms with Crippen LogP contribution < -0.4 is 20.5 Å². The van der Waals surface area contributed by atoms with Crippen molar-refractivity contribution < 1.29 is 13.5 Å². The third-order valence-corrected chi connectivity index (χ3v) is 6.65. The van der Waals surface area contributed by atoms with Crippen molar-refractivity contribution in [2.24, 2.45) is 0 Å².